The number of aryl methyl sites for hydroxylation is 1. The maximum atomic E-state index is 12.8. The lowest BCUT2D eigenvalue weighted by atomic mass is 9.79. The molecule has 1 heterocycles. The molecule has 31 heavy (non-hydrogen) atoms. The number of benzene rings is 1. The Balaban J connectivity index is 1.49. The van der Waals surface area contributed by atoms with E-state index in [1.54, 1.807) is 12.1 Å². The quantitative estimate of drug-likeness (QED) is 0.388. The summed E-state index contributed by atoms with van der Waals surface area (Å²) in [6.45, 7) is 0.390. The minimum atomic E-state index is -3.66. The van der Waals surface area contributed by atoms with E-state index in [0.29, 0.717) is 31.7 Å². The lowest BCUT2D eigenvalue weighted by molar-refractivity contribution is -0.147. The summed E-state index contributed by atoms with van der Waals surface area (Å²) in [7, 11) is -3.66. The monoisotopic (exact) mass is 451 g/mol. The predicted molar refractivity (Wildman–Crippen MR) is 118 cm³/mol. The molecule has 7 nitrogen and oxygen atoms in total. The van der Waals surface area contributed by atoms with Gasteiger partial charge in [-0.15, -0.1) is 0 Å². The van der Waals surface area contributed by atoms with E-state index in [2.05, 4.69) is 0 Å². The average molecular weight is 452 g/mol. The maximum Gasteiger partial charge on any atom is 0.326 e. The van der Waals surface area contributed by atoms with Gasteiger partial charge < -0.3 is 20.0 Å². The van der Waals surface area contributed by atoms with Gasteiger partial charge in [0.15, 0.2) is 0 Å². The van der Waals surface area contributed by atoms with Crippen molar-refractivity contribution in [3.63, 3.8) is 0 Å². The van der Waals surface area contributed by atoms with E-state index in [4.69, 9.17) is 0 Å². The Morgan fingerprint density at radius 3 is 2.35 bits per heavy atom. The van der Waals surface area contributed by atoms with Crippen molar-refractivity contribution in [2.24, 2.45) is 11.8 Å². The summed E-state index contributed by atoms with van der Waals surface area (Å²) in [5.74, 6) is -0.694. The molecule has 172 valence electrons. The third kappa shape index (κ3) is 6.81. The molecule has 0 spiro atoms. The largest absolute Gasteiger partial charge is 0.508 e. The van der Waals surface area contributed by atoms with Crippen LogP contribution in [0.1, 0.15) is 56.9 Å². The van der Waals surface area contributed by atoms with Crippen LogP contribution in [0.3, 0.4) is 0 Å². The van der Waals surface area contributed by atoms with Crippen molar-refractivity contribution in [2.75, 3.05) is 18.9 Å². The van der Waals surface area contributed by atoms with Gasteiger partial charge in [0.25, 0.3) is 0 Å². The number of unbranched alkanes of at least 4 members (excludes halogenated alkanes) is 1. The molecule has 1 aromatic carbocycles. The first-order valence-electron chi connectivity index (χ1n) is 11.4. The molecule has 1 unspecified atom stereocenters. The Labute approximate surface area is 183 Å². The number of amides is 1. The summed E-state index contributed by atoms with van der Waals surface area (Å²) in [5, 5.41) is 18.9. The van der Waals surface area contributed by atoms with E-state index < -0.39 is 31.4 Å². The van der Waals surface area contributed by atoms with E-state index in [0.717, 1.165) is 37.7 Å². The molecule has 2 aliphatic rings. The van der Waals surface area contributed by atoms with E-state index in [1.165, 1.54) is 11.3 Å². The Kier molecular flexibility index (Phi) is 8.17. The number of carbonyl (C=O) groups is 2. The van der Waals surface area contributed by atoms with E-state index in [9.17, 15) is 29.3 Å². The van der Waals surface area contributed by atoms with Crippen molar-refractivity contribution in [2.45, 2.75) is 63.8 Å². The van der Waals surface area contributed by atoms with Crippen LogP contribution in [0, 0.1) is 11.8 Å². The molecule has 3 atom stereocenters. The molecule has 1 amide bonds. The molecule has 8 heteroatoms. The highest BCUT2D eigenvalue weighted by Gasteiger charge is 2.43. The van der Waals surface area contributed by atoms with Crippen molar-refractivity contribution in [1.29, 1.82) is 0 Å². The first-order chi connectivity index (χ1) is 14.7. The van der Waals surface area contributed by atoms with Gasteiger partial charge in [0.2, 0.25) is 13.3 Å². The topological polar surface area (TPSA) is 115 Å². The molecule has 1 aromatic rings. The second kappa shape index (κ2) is 10.6. The number of hydrogen-bond acceptors (Lipinski definition) is 4. The number of nitrogens with zero attached hydrogens (tertiary/aromatic N) is 1. The zero-order chi connectivity index (χ0) is 22.4. The molecule has 1 aliphatic heterocycles. The summed E-state index contributed by atoms with van der Waals surface area (Å²) in [6.07, 6.45) is 7.65. The molecule has 3 rings (SSSR count). The molecule has 0 radical (unpaired) electrons. The fourth-order valence-corrected chi connectivity index (χ4v) is 6.54. The second-order valence-electron chi connectivity index (χ2n) is 9.15. The first kappa shape index (κ1) is 23.8. The van der Waals surface area contributed by atoms with Gasteiger partial charge in [-0.25, -0.2) is 4.79 Å². The summed E-state index contributed by atoms with van der Waals surface area (Å²) in [5.41, 5.74) is 1.04. The smallest absolute Gasteiger partial charge is 0.326 e. The van der Waals surface area contributed by atoms with Crippen LogP contribution in [0.5, 0.6) is 5.75 Å². The van der Waals surface area contributed by atoms with E-state index in [1.807, 2.05) is 12.1 Å². The highest BCUT2D eigenvalue weighted by molar-refractivity contribution is 7.58. The number of hydrogen-bond donors (Lipinski definition) is 3. The fraction of sp³-hybridized carbons (Fsp3) is 0.652. The zero-order valence-electron chi connectivity index (χ0n) is 18.0. The van der Waals surface area contributed by atoms with Gasteiger partial charge in [-0.05, 0) is 55.2 Å². The molecular weight excluding hydrogens is 417 g/mol. The number of carbonyl (C=O) groups excluding carboxylic acids is 1. The molecule has 1 saturated carbocycles. The van der Waals surface area contributed by atoms with Gasteiger partial charge in [0.05, 0.1) is 0 Å². The number of phenolic OH excluding ortho intramolecular Hbond substituents is 1. The van der Waals surface area contributed by atoms with Crippen LogP contribution in [-0.2, 0) is 20.6 Å². The highest BCUT2D eigenvalue weighted by Crippen LogP contribution is 2.43. The van der Waals surface area contributed by atoms with Crippen LogP contribution in [-0.4, -0.2) is 56.8 Å². The summed E-state index contributed by atoms with van der Waals surface area (Å²) in [6, 6.07) is 5.98. The van der Waals surface area contributed by atoms with Gasteiger partial charge in [0.1, 0.15) is 18.0 Å². The molecule has 0 bridgehead atoms. The van der Waals surface area contributed by atoms with Gasteiger partial charge in [0, 0.05) is 12.7 Å². The summed E-state index contributed by atoms with van der Waals surface area (Å²) < 4.78 is 12.6. The second-order valence-corrected chi connectivity index (χ2v) is 11.6. The molecular formula is C23H34NO6P. The van der Waals surface area contributed by atoms with Crippen molar-refractivity contribution >= 4 is 19.2 Å². The SMILES string of the molecule is O=C(O)[C@@H]1C[C@@H](C2CCCCC2)CN1C(=O)CP(=O)(O)CCCCc1ccc(O)cc1. The Hall–Kier alpha value is -1.85. The average Bonchev–Trinajstić information content (AvgIpc) is 3.19. The minimum Gasteiger partial charge on any atom is -0.508 e. The first-order valence-corrected chi connectivity index (χ1v) is 13.4. The van der Waals surface area contributed by atoms with Crippen molar-refractivity contribution in [1.82, 2.24) is 4.90 Å². The third-order valence-corrected chi connectivity index (χ3v) is 8.58. The molecule has 2 fully saturated rings. The Morgan fingerprint density at radius 2 is 1.71 bits per heavy atom. The lowest BCUT2D eigenvalue weighted by Gasteiger charge is -2.27. The van der Waals surface area contributed by atoms with Crippen LogP contribution in [0.15, 0.2) is 24.3 Å². The zero-order valence-corrected chi connectivity index (χ0v) is 18.9. The van der Waals surface area contributed by atoms with Crippen LogP contribution in [0.4, 0.5) is 0 Å². The van der Waals surface area contributed by atoms with E-state index in [-0.39, 0.29) is 17.8 Å². The molecule has 0 aromatic heterocycles. The standard InChI is InChI=1S/C23H34NO6P/c25-20-11-9-17(10-12-20)6-4-5-13-31(29,30)16-22(26)24-15-19(14-21(24)23(27)28)18-7-2-1-3-8-18/h9-12,18-19,21,25H,1-8,13-16H2,(H,27,28)(H,29,30)/t19-,21+/m1/s1. The number of aromatic hydroxyl groups is 1. The van der Waals surface area contributed by atoms with Crippen molar-refractivity contribution in [3.8, 4) is 5.75 Å². The van der Waals surface area contributed by atoms with Crippen molar-refractivity contribution in [3.05, 3.63) is 29.8 Å². The minimum absolute atomic E-state index is 0.0501. The molecule has 3 N–H and O–H groups in total. The number of likely N-dealkylation sites (tertiary alicyclic amines) is 1. The van der Waals surface area contributed by atoms with Gasteiger partial charge in [-0.2, -0.15) is 0 Å². The summed E-state index contributed by atoms with van der Waals surface area (Å²) >= 11 is 0. The summed E-state index contributed by atoms with van der Waals surface area (Å²) in [4.78, 5) is 36.2. The maximum absolute atomic E-state index is 12.8. The predicted octanol–water partition coefficient (Wildman–Crippen LogP) is 3.87. The number of phenols is 1. The fourth-order valence-electron chi connectivity index (χ4n) is 5.06. The van der Waals surface area contributed by atoms with Crippen LogP contribution in [0.2, 0.25) is 0 Å². The van der Waals surface area contributed by atoms with E-state index >= 15 is 0 Å². The Bertz CT molecular complexity index is 805. The number of rotatable bonds is 9. The van der Waals surface area contributed by atoms with Crippen LogP contribution in [0.25, 0.3) is 0 Å². The van der Waals surface area contributed by atoms with Crippen molar-refractivity contribution < 1.29 is 29.3 Å². The molecule has 1 aliphatic carbocycles. The number of aliphatic carboxylic acids is 1. The Morgan fingerprint density at radius 1 is 1.03 bits per heavy atom. The normalized spacial score (nSPS) is 24.1. The molecule has 1 saturated heterocycles. The van der Waals surface area contributed by atoms with Crippen LogP contribution >= 0.6 is 7.37 Å². The van der Waals surface area contributed by atoms with Gasteiger partial charge in [-0.3, -0.25) is 9.36 Å². The van der Waals surface area contributed by atoms with Crippen LogP contribution < -0.4 is 0 Å². The van der Waals surface area contributed by atoms with Gasteiger partial charge >= 0.3 is 5.97 Å². The van der Waals surface area contributed by atoms with Gasteiger partial charge in [-0.1, -0.05) is 44.2 Å². The highest BCUT2D eigenvalue weighted by atomic mass is 31.2. The third-order valence-electron chi connectivity index (χ3n) is 6.80. The lowest BCUT2D eigenvalue weighted by Crippen LogP contribution is -2.42. The number of carboxylic acids is 1. The number of carboxylic acid groups (broad SMARTS) is 1.